The van der Waals surface area contributed by atoms with Crippen LogP contribution in [0, 0.1) is 13.8 Å². The van der Waals surface area contributed by atoms with Gasteiger partial charge in [-0.2, -0.15) is 0 Å². The van der Waals surface area contributed by atoms with Gasteiger partial charge in [-0.15, -0.1) is 5.10 Å². The van der Waals surface area contributed by atoms with E-state index in [0.717, 1.165) is 42.6 Å². The summed E-state index contributed by atoms with van der Waals surface area (Å²) in [6.45, 7) is 13.7. The van der Waals surface area contributed by atoms with Crippen LogP contribution in [0.4, 0.5) is 5.69 Å². The fraction of sp³-hybridized carbons (Fsp3) is 0.407. The van der Waals surface area contributed by atoms with Gasteiger partial charge in [0, 0.05) is 42.9 Å². The zero-order valence-corrected chi connectivity index (χ0v) is 21.1. The second-order valence-electron chi connectivity index (χ2n) is 10.5. The van der Waals surface area contributed by atoms with Crippen molar-refractivity contribution >= 4 is 16.6 Å². The molecule has 8 heteroatoms. The predicted molar refractivity (Wildman–Crippen MR) is 139 cm³/mol. The molecule has 1 fully saturated rings. The van der Waals surface area contributed by atoms with Crippen molar-refractivity contribution in [1.82, 2.24) is 30.1 Å². The topological polar surface area (TPSA) is 82.9 Å². The summed E-state index contributed by atoms with van der Waals surface area (Å²) in [5.41, 5.74) is 4.69. The Balaban J connectivity index is 1.58. The molecule has 1 unspecified atom stereocenters. The zero-order chi connectivity index (χ0) is 24.7. The van der Waals surface area contributed by atoms with Crippen LogP contribution in [0.5, 0.6) is 0 Å². The molecule has 35 heavy (non-hydrogen) atoms. The minimum atomic E-state index is -0.350. The number of rotatable bonds is 4. The minimum Gasteiger partial charge on any atom is -0.369 e. The summed E-state index contributed by atoms with van der Waals surface area (Å²) in [6.07, 6.45) is 0. The van der Waals surface area contributed by atoms with Crippen LogP contribution in [0.3, 0.4) is 0 Å². The lowest BCUT2D eigenvalue weighted by atomic mass is 9.99. The van der Waals surface area contributed by atoms with Gasteiger partial charge in [-0.25, -0.2) is 4.68 Å². The predicted octanol–water partition coefficient (Wildman–Crippen LogP) is 3.80. The van der Waals surface area contributed by atoms with Gasteiger partial charge in [-0.3, -0.25) is 9.69 Å². The van der Waals surface area contributed by atoms with Gasteiger partial charge in [0.15, 0.2) is 5.82 Å². The van der Waals surface area contributed by atoms with Gasteiger partial charge in [-0.05, 0) is 91.9 Å². The van der Waals surface area contributed by atoms with E-state index in [1.807, 2.05) is 22.9 Å². The molecular formula is C27H33N7O. The van der Waals surface area contributed by atoms with E-state index in [2.05, 4.69) is 95.3 Å². The zero-order valence-electron chi connectivity index (χ0n) is 21.1. The van der Waals surface area contributed by atoms with Crippen molar-refractivity contribution in [2.75, 3.05) is 31.1 Å². The normalized spacial score (nSPS) is 16.1. The first-order valence-corrected chi connectivity index (χ1v) is 12.2. The van der Waals surface area contributed by atoms with Gasteiger partial charge >= 0.3 is 0 Å². The standard InChI is InChI=1S/C27H33N7O/c1-18-15-20-17-22(26(35)28-23(20)16-19(18)2)24(25-29-30-31-34(25)27(3,4)5)33-13-11-32(12-14-33)21-9-7-6-8-10-21/h6-10,15-17,24H,11-14H2,1-5H3,(H,28,35). The number of aromatic amines is 1. The molecule has 2 aromatic carbocycles. The number of piperazine rings is 1. The maximum Gasteiger partial charge on any atom is 0.253 e. The van der Waals surface area contributed by atoms with Crippen molar-refractivity contribution in [2.45, 2.75) is 46.2 Å². The summed E-state index contributed by atoms with van der Waals surface area (Å²) in [6, 6.07) is 16.3. The van der Waals surface area contributed by atoms with Crippen molar-refractivity contribution in [3.63, 3.8) is 0 Å². The molecule has 5 rings (SSSR count). The van der Waals surface area contributed by atoms with Crippen molar-refractivity contribution in [1.29, 1.82) is 0 Å². The van der Waals surface area contributed by atoms with Crippen LogP contribution in [0.15, 0.2) is 53.3 Å². The first kappa shape index (κ1) is 23.2. The number of nitrogens with one attached hydrogen (secondary N) is 1. The average Bonchev–Trinajstić information content (AvgIpc) is 3.32. The highest BCUT2D eigenvalue weighted by molar-refractivity contribution is 5.81. The van der Waals surface area contributed by atoms with Gasteiger partial charge in [0.25, 0.3) is 5.56 Å². The van der Waals surface area contributed by atoms with E-state index < -0.39 is 0 Å². The number of aromatic nitrogens is 5. The molecule has 0 radical (unpaired) electrons. The lowest BCUT2D eigenvalue weighted by molar-refractivity contribution is 0.190. The Labute approximate surface area is 205 Å². The number of pyridine rings is 1. The molecule has 8 nitrogen and oxygen atoms in total. The fourth-order valence-corrected chi connectivity index (χ4v) is 4.92. The summed E-state index contributed by atoms with van der Waals surface area (Å²) in [5, 5.41) is 13.8. The summed E-state index contributed by atoms with van der Waals surface area (Å²) >= 11 is 0. The largest absolute Gasteiger partial charge is 0.369 e. The quantitative estimate of drug-likeness (QED) is 0.488. The van der Waals surface area contributed by atoms with Gasteiger partial charge in [-0.1, -0.05) is 18.2 Å². The number of aryl methyl sites for hydroxylation is 2. The van der Waals surface area contributed by atoms with Gasteiger partial charge in [0.2, 0.25) is 0 Å². The molecule has 0 bridgehead atoms. The molecule has 182 valence electrons. The SMILES string of the molecule is Cc1cc2cc(C(c3nnnn3C(C)(C)C)N3CCN(c4ccccc4)CC3)c(=O)[nH]c2cc1C. The van der Waals surface area contributed by atoms with Crippen molar-refractivity contribution in [3.8, 4) is 0 Å². The van der Waals surface area contributed by atoms with Crippen LogP contribution in [0.1, 0.15) is 49.3 Å². The highest BCUT2D eigenvalue weighted by Gasteiger charge is 2.35. The Bertz CT molecular complexity index is 1390. The van der Waals surface area contributed by atoms with E-state index in [4.69, 9.17) is 0 Å². The maximum atomic E-state index is 13.5. The number of hydrogen-bond acceptors (Lipinski definition) is 6. The molecule has 1 aliphatic heterocycles. The maximum absolute atomic E-state index is 13.5. The molecule has 1 aliphatic rings. The third kappa shape index (κ3) is 4.46. The Morgan fingerprint density at radius 2 is 1.63 bits per heavy atom. The van der Waals surface area contributed by atoms with Crippen LogP contribution >= 0.6 is 0 Å². The molecule has 4 aromatic rings. The van der Waals surface area contributed by atoms with Crippen molar-refractivity contribution in [2.24, 2.45) is 0 Å². The molecular weight excluding hydrogens is 438 g/mol. The number of hydrogen-bond donors (Lipinski definition) is 1. The summed E-state index contributed by atoms with van der Waals surface area (Å²) < 4.78 is 1.85. The molecule has 0 saturated carbocycles. The summed E-state index contributed by atoms with van der Waals surface area (Å²) in [7, 11) is 0. The van der Waals surface area contributed by atoms with E-state index >= 15 is 0 Å². The van der Waals surface area contributed by atoms with Crippen molar-refractivity contribution in [3.05, 3.63) is 81.4 Å². The monoisotopic (exact) mass is 471 g/mol. The number of H-pyrrole nitrogens is 1. The molecule has 0 amide bonds. The molecule has 0 spiro atoms. The lowest BCUT2D eigenvalue weighted by Crippen LogP contribution is -2.49. The molecule has 1 atom stereocenters. The Morgan fingerprint density at radius 1 is 0.943 bits per heavy atom. The second-order valence-corrected chi connectivity index (χ2v) is 10.5. The van der Waals surface area contributed by atoms with Crippen LogP contribution < -0.4 is 10.5 Å². The van der Waals surface area contributed by atoms with Crippen LogP contribution in [0.25, 0.3) is 10.9 Å². The van der Waals surface area contributed by atoms with E-state index in [9.17, 15) is 4.79 Å². The molecule has 2 aromatic heterocycles. The van der Waals surface area contributed by atoms with Crippen LogP contribution in [-0.2, 0) is 5.54 Å². The van der Waals surface area contributed by atoms with E-state index in [-0.39, 0.29) is 17.1 Å². The second kappa shape index (κ2) is 8.92. The van der Waals surface area contributed by atoms with E-state index in [0.29, 0.717) is 11.4 Å². The number of para-hydroxylation sites is 1. The van der Waals surface area contributed by atoms with Gasteiger partial charge in [0.1, 0.15) is 6.04 Å². The summed E-state index contributed by atoms with van der Waals surface area (Å²) in [5.74, 6) is 0.694. The third-order valence-corrected chi connectivity index (χ3v) is 6.96. The van der Waals surface area contributed by atoms with Gasteiger partial charge in [0.05, 0.1) is 5.54 Å². The van der Waals surface area contributed by atoms with Crippen molar-refractivity contribution < 1.29 is 0 Å². The highest BCUT2D eigenvalue weighted by Crippen LogP contribution is 2.31. The van der Waals surface area contributed by atoms with Crippen LogP contribution in [-0.4, -0.2) is 56.3 Å². The molecule has 1 saturated heterocycles. The number of fused-ring (bicyclic) bond motifs is 1. The fourth-order valence-electron chi connectivity index (χ4n) is 4.92. The summed E-state index contributed by atoms with van der Waals surface area (Å²) in [4.78, 5) is 21.3. The molecule has 0 aliphatic carbocycles. The first-order valence-electron chi connectivity index (χ1n) is 12.2. The minimum absolute atomic E-state index is 0.0975. The Hall–Kier alpha value is -3.52. The molecule has 1 N–H and O–H groups in total. The van der Waals surface area contributed by atoms with Crippen LogP contribution in [0.2, 0.25) is 0 Å². The number of nitrogens with zero attached hydrogens (tertiary/aromatic N) is 6. The average molecular weight is 472 g/mol. The third-order valence-electron chi connectivity index (χ3n) is 6.96. The number of tetrazole rings is 1. The number of benzene rings is 2. The van der Waals surface area contributed by atoms with Gasteiger partial charge < -0.3 is 9.88 Å². The Morgan fingerprint density at radius 3 is 2.31 bits per heavy atom. The lowest BCUT2D eigenvalue weighted by Gasteiger charge is -2.40. The van der Waals surface area contributed by atoms with E-state index in [1.165, 1.54) is 11.3 Å². The smallest absolute Gasteiger partial charge is 0.253 e. The molecule has 3 heterocycles. The van der Waals surface area contributed by atoms with E-state index in [1.54, 1.807) is 0 Å². The first-order chi connectivity index (χ1) is 16.7. The highest BCUT2D eigenvalue weighted by atomic mass is 16.1. The Kier molecular flexibility index (Phi) is 5.92. The number of anilines is 1.